The largest absolute Gasteiger partial charge is 0.390 e. The van der Waals surface area contributed by atoms with Crippen LogP contribution in [0.5, 0.6) is 0 Å². The summed E-state index contributed by atoms with van der Waals surface area (Å²) >= 11 is 0. The summed E-state index contributed by atoms with van der Waals surface area (Å²) in [4.78, 5) is 2.00. The monoisotopic (exact) mass is 299 g/mol. The smallest absolute Gasteiger partial charge is 0.0991 e. The summed E-state index contributed by atoms with van der Waals surface area (Å²) in [5.41, 5.74) is 1.33. The summed E-state index contributed by atoms with van der Waals surface area (Å²) in [5.74, 6) is 0. The highest BCUT2D eigenvalue weighted by Crippen LogP contribution is 2.24. The first-order valence-electron chi connectivity index (χ1n) is 7.11. The van der Waals surface area contributed by atoms with Crippen LogP contribution in [0.15, 0.2) is 36.7 Å². The van der Waals surface area contributed by atoms with E-state index in [-0.39, 0.29) is 6.04 Å². The van der Waals surface area contributed by atoms with E-state index in [1.54, 1.807) is 41.3 Å². The maximum atomic E-state index is 10.3. The predicted molar refractivity (Wildman–Crippen MR) is 77.6 cm³/mol. The molecule has 0 saturated carbocycles. The molecule has 1 unspecified atom stereocenters. The van der Waals surface area contributed by atoms with Crippen molar-refractivity contribution in [3.05, 3.63) is 47.8 Å². The average Bonchev–Trinajstić information content (AvgIpc) is 3.17. The summed E-state index contributed by atoms with van der Waals surface area (Å²) in [6, 6.07) is 8.80. The van der Waals surface area contributed by atoms with Crippen LogP contribution < -0.4 is 0 Å². The van der Waals surface area contributed by atoms with Crippen LogP contribution in [0, 0.1) is 11.3 Å². The molecule has 3 atom stereocenters. The Balaban J connectivity index is 1.62. The molecule has 114 valence electrons. The number of benzene rings is 1. The van der Waals surface area contributed by atoms with E-state index in [4.69, 9.17) is 5.26 Å². The van der Waals surface area contributed by atoms with E-state index in [0.717, 1.165) is 5.56 Å². The molecule has 1 aliphatic heterocycles. The van der Waals surface area contributed by atoms with Gasteiger partial charge in [-0.05, 0) is 17.7 Å². The highest BCUT2D eigenvalue weighted by molar-refractivity contribution is 5.32. The first-order chi connectivity index (χ1) is 10.7. The third kappa shape index (κ3) is 2.99. The second-order valence-corrected chi connectivity index (χ2v) is 5.49. The second kappa shape index (κ2) is 6.23. The fourth-order valence-electron chi connectivity index (χ4n) is 2.78. The van der Waals surface area contributed by atoms with Gasteiger partial charge in [0.1, 0.15) is 0 Å². The summed E-state index contributed by atoms with van der Waals surface area (Å²) in [6.45, 7) is 1.52. The van der Waals surface area contributed by atoms with Gasteiger partial charge in [-0.15, -0.1) is 5.10 Å². The zero-order chi connectivity index (χ0) is 15.5. The zero-order valence-electron chi connectivity index (χ0n) is 11.9. The number of likely N-dealkylation sites (tertiary alicyclic amines) is 1. The minimum absolute atomic E-state index is 0.143. The molecule has 3 rings (SSSR count). The predicted octanol–water partition coefficient (Wildman–Crippen LogP) is 0.101. The van der Waals surface area contributed by atoms with Crippen molar-refractivity contribution in [1.29, 1.82) is 5.26 Å². The van der Waals surface area contributed by atoms with E-state index in [1.807, 2.05) is 4.90 Å². The Labute approximate surface area is 128 Å². The molecule has 7 heteroatoms. The van der Waals surface area contributed by atoms with Crippen LogP contribution in [0.1, 0.15) is 23.3 Å². The maximum Gasteiger partial charge on any atom is 0.0991 e. The molecular weight excluding hydrogens is 282 g/mol. The van der Waals surface area contributed by atoms with Crippen LogP contribution in [0.4, 0.5) is 0 Å². The number of aromatic nitrogens is 3. The molecule has 1 aromatic heterocycles. The molecule has 2 N–H and O–H groups in total. The lowest BCUT2D eigenvalue weighted by molar-refractivity contribution is 0.111. The average molecular weight is 299 g/mol. The number of hydrogen-bond acceptors (Lipinski definition) is 6. The lowest BCUT2D eigenvalue weighted by Gasteiger charge is -2.20. The van der Waals surface area contributed by atoms with Gasteiger partial charge in [0.2, 0.25) is 0 Å². The van der Waals surface area contributed by atoms with Crippen LogP contribution >= 0.6 is 0 Å². The zero-order valence-corrected chi connectivity index (χ0v) is 11.9. The topological polar surface area (TPSA) is 98.2 Å². The van der Waals surface area contributed by atoms with E-state index in [1.165, 1.54) is 0 Å². The molecule has 7 nitrogen and oxygen atoms in total. The Hall–Kier alpha value is -2.27. The van der Waals surface area contributed by atoms with Gasteiger partial charge in [-0.1, -0.05) is 17.3 Å². The van der Waals surface area contributed by atoms with Crippen molar-refractivity contribution in [3.8, 4) is 6.07 Å². The number of hydrogen-bond donors (Lipinski definition) is 2. The van der Waals surface area contributed by atoms with Crippen LogP contribution in [-0.4, -0.2) is 55.8 Å². The van der Waals surface area contributed by atoms with Gasteiger partial charge in [0.25, 0.3) is 0 Å². The van der Waals surface area contributed by atoms with Gasteiger partial charge < -0.3 is 10.2 Å². The normalized spacial score (nSPS) is 23.3. The molecular formula is C15H17N5O2. The van der Waals surface area contributed by atoms with Gasteiger partial charge in [-0.2, -0.15) is 5.26 Å². The number of rotatable bonds is 4. The number of aliphatic hydroxyl groups is 2. The Kier molecular flexibility index (Phi) is 4.15. The van der Waals surface area contributed by atoms with E-state index < -0.39 is 12.2 Å². The summed E-state index contributed by atoms with van der Waals surface area (Å²) in [5, 5.41) is 36.9. The van der Waals surface area contributed by atoms with Gasteiger partial charge >= 0.3 is 0 Å². The quantitative estimate of drug-likeness (QED) is 0.831. The maximum absolute atomic E-state index is 10.3. The second-order valence-electron chi connectivity index (χ2n) is 5.49. The van der Waals surface area contributed by atoms with E-state index >= 15 is 0 Å². The van der Waals surface area contributed by atoms with Crippen LogP contribution in [-0.2, 0) is 0 Å². The molecule has 1 aromatic carbocycles. The fourth-order valence-corrected chi connectivity index (χ4v) is 2.78. The van der Waals surface area contributed by atoms with Crippen molar-refractivity contribution in [3.63, 3.8) is 0 Å². The summed E-state index contributed by atoms with van der Waals surface area (Å²) < 4.78 is 1.65. The molecule has 1 aliphatic rings. The molecule has 0 aliphatic carbocycles. The lowest BCUT2D eigenvalue weighted by atomic mass is 10.1. The Bertz CT molecular complexity index is 650. The van der Waals surface area contributed by atoms with Gasteiger partial charge in [0.15, 0.2) is 0 Å². The first-order valence-corrected chi connectivity index (χ1v) is 7.11. The van der Waals surface area contributed by atoms with Crippen molar-refractivity contribution >= 4 is 0 Å². The number of nitriles is 1. The van der Waals surface area contributed by atoms with Crippen LogP contribution in [0.3, 0.4) is 0 Å². The van der Waals surface area contributed by atoms with Crippen molar-refractivity contribution in [2.45, 2.75) is 18.2 Å². The van der Waals surface area contributed by atoms with E-state index in [9.17, 15) is 10.2 Å². The molecule has 1 fully saturated rings. The van der Waals surface area contributed by atoms with E-state index in [2.05, 4.69) is 16.4 Å². The summed E-state index contributed by atoms with van der Waals surface area (Å²) in [6.07, 6.45) is 2.12. The van der Waals surface area contributed by atoms with Crippen molar-refractivity contribution in [1.82, 2.24) is 19.9 Å². The number of aliphatic hydroxyl groups excluding tert-OH is 2. The molecule has 1 saturated heterocycles. The van der Waals surface area contributed by atoms with Crippen molar-refractivity contribution < 1.29 is 10.2 Å². The molecule has 2 aromatic rings. The molecule has 0 amide bonds. The highest BCUT2D eigenvalue weighted by atomic mass is 16.3. The molecule has 2 heterocycles. The van der Waals surface area contributed by atoms with Gasteiger partial charge in [0.05, 0.1) is 36.1 Å². The fraction of sp³-hybridized carbons (Fsp3) is 0.400. The van der Waals surface area contributed by atoms with Crippen LogP contribution in [0.2, 0.25) is 0 Å². The van der Waals surface area contributed by atoms with Gasteiger partial charge in [-0.3, -0.25) is 4.90 Å². The minimum Gasteiger partial charge on any atom is -0.390 e. The van der Waals surface area contributed by atoms with Crippen molar-refractivity contribution in [2.75, 3.05) is 19.6 Å². The highest BCUT2D eigenvalue weighted by Gasteiger charge is 2.34. The Morgan fingerprint density at radius 1 is 1.32 bits per heavy atom. The van der Waals surface area contributed by atoms with E-state index in [0.29, 0.717) is 25.2 Å². The van der Waals surface area contributed by atoms with Crippen LogP contribution in [0.25, 0.3) is 0 Å². The van der Waals surface area contributed by atoms with Gasteiger partial charge in [-0.25, -0.2) is 4.68 Å². The Morgan fingerprint density at radius 3 is 2.73 bits per heavy atom. The molecule has 0 radical (unpaired) electrons. The SMILES string of the molecule is N#Cc1ccc(C(O)CN2C[C@@H](O)[C@H](n3ccnn3)C2)cc1. The number of nitrogens with zero attached hydrogens (tertiary/aromatic N) is 5. The summed E-state index contributed by atoms with van der Waals surface area (Å²) in [7, 11) is 0. The molecule has 22 heavy (non-hydrogen) atoms. The third-order valence-electron chi connectivity index (χ3n) is 3.97. The number of β-amino-alcohol motifs (C(OH)–C–C–N with tert-alkyl or cyclic N) is 2. The van der Waals surface area contributed by atoms with Crippen molar-refractivity contribution in [2.24, 2.45) is 0 Å². The lowest BCUT2D eigenvalue weighted by Crippen LogP contribution is -2.27. The molecule has 0 spiro atoms. The Morgan fingerprint density at radius 2 is 2.09 bits per heavy atom. The third-order valence-corrected chi connectivity index (χ3v) is 3.97. The molecule has 0 bridgehead atoms. The standard InChI is InChI=1S/C15H17N5O2/c16-7-11-1-3-12(4-2-11)14(21)9-19-8-13(15(22)10-19)20-6-5-17-18-20/h1-6,13-15,21-22H,8-10H2/t13-,14?,15-/m1/s1. The first kappa shape index (κ1) is 14.7. The van der Waals surface area contributed by atoms with Gasteiger partial charge in [0, 0.05) is 25.8 Å². The minimum atomic E-state index is -0.658.